The highest BCUT2D eigenvalue weighted by Crippen LogP contribution is 2.27. The lowest BCUT2D eigenvalue weighted by Gasteiger charge is -2.10. The molecule has 0 fully saturated rings. The third-order valence-electron chi connectivity index (χ3n) is 3.08. The van der Waals surface area contributed by atoms with Crippen LogP contribution in [0.1, 0.15) is 25.3 Å². The summed E-state index contributed by atoms with van der Waals surface area (Å²) in [4.78, 5) is 8.08. The number of nitrogens with two attached hydrogens (primary N) is 1. The van der Waals surface area contributed by atoms with Gasteiger partial charge in [0.1, 0.15) is 12.0 Å². The first-order chi connectivity index (χ1) is 9.74. The van der Waals surface area contributed by atoms with E-state index in [1.54, 1.807) is 0 Å². The molecule has 2 aromatic rings. The van der Waals surface area contributed by atoms with Gasteiger partial charge in [0.25, 0.3) is 0 Å². The molecule has 2 rings (SSSR count). The monoisotopic (exact) mass is 272 g/mol. The van der Waals surface area contributed by atoms with E-state index in [0.29, 0.717) is 17.4 Å². The molecule has 0 aliphatic rings. The minimum atomic E-state index is 0.377. The first-order valence-electron chi connectivity index (χ1n) is 6.75. The molecule has 1 aromatic heterocycles. The summed E-state index contributed by atoms with van der Waals surface area (Å²) in [6.45, 7) is 2.20. The smallest absolute Gasteiger partial charge is 0.242 e. The summed E-state index contributed by atoms with van der Waals surface area (Å²) in [7, 11) is 1.53. The number of nitrogens with zero attached hydrogens (tertiary/aromatic N) is 2. The van der Waals surface area contributed by atoms with Crippen molar-refractivity contribution in [1.29, 1.82) is 0 Å². The Labute approximate surface area is 119 Å². The third-order valence-corrected chi connectivity index (χ3v) is 3.08. The standard InChI is InChI=1S/C15H20N4O/c1-3-4-5-11-6-8-12(9-7-11)19-14-13(16)15(20-2)18-10-17-14/h6-10H,3-5,16H2,1-2H3,(H,17,18,19). The second-order valence-corrected chi connectivity index (χ2v) is 4.57. The largest absolute Gasteiger partial charge is 0.479 e. The van der Waals surface area contributed by atoms with Crippen LogP contribution in [-0.2, 0) is 6.42 Å². The molecular formula is C15H20N4O. The SMILES string of the molecule is CCCCc1ccc(Nc2ncnc(OC)c2N)cc1. The van der Waals surface area contributed by atoms with Gasteiger partial charge in [-0.05, 0) is 30.5 Å². The van der Waals surface area contributed by atoms with Crippen LogP contribution in [-0.4, -0.2) is 17.1 Å². The zero-order valence-electron chi connectivity index (χ0n) is 11.9. The summed E-state index contributed by atoms with van der Waals surface area (Å²) in [5.74, 6) is 0.931. The van der Waals surface area contributed by atoms with Gasteiger partial charge in [0.15, 0.2) is 5.82 Å². The Bertz CT molecular complexity index is 554. The fraction of sp³-hybridized carbons (Fsp3) is 0.333. The van der Waals surface area contributed by atoms with Gasteiger partial charge in [-0.25, -0.2) is 4.98 Å². The number of hydrogen-bond acceptors (Lipinski definition) is 5. The van der Waals surface area contributed by atoms with Crippen molar-refractivity contribution in [2.45, 2.75) is 26.2 Å². The summed E-state index contributed by atoms with van der Waals surface area (Å²) in [6, 6.07) is 8.29. The Hall–Kier alpha value is -2.30. The highest BCUT2D eigenvalue weighted by molar-refractivity contribution is 5.72. The zero-order chi connectivity index (χ0) is 14.4. The van der Waals surface area contributed by atoms with Crippen molar-refractivity contribution < 1.29 is 4.74 Å². The molecule has 20 heavy (non-hydrogen) atoms. The van der Waals surface area contributed by atoms with E-state index in [2.05, 4.69) is 34.3 Å². The lowest BCUT2D eigenvalue weighted by atomic mass is 10.1. The van der Waals surface area contributed by atoms with E-state index in [-0.39, 0.29) is 0 Å². The molecule has 0 aliphatic heterocycles. The van der Waals surface area contributed by atoms with Crippen molar-refractivity contribution in [1.82, 2.24) is 9.97 Å². The van der Waals surface area contributed by atoms with Gasteiger partial charge in [0, 0.05) is 5.69 Å². The van der Waals surface area contributed by atoms with Crippen LogP contribution in [0.4, 0.5) is 17.2 Å². The molecule has 0 atom stereocenters. The summed E-state index contributed by atoms with van der Waals surface area (Å²) in [5, 5.41) is 3.17. The molecule has 1 aromatic carbocycles. The quantitative estimate of drug-likeness (QED) is 0.845. The minimum Gasteiger partial charge on any atom is -0.479 e. The maximum Gasteiger partial charge on any atom is 0.242 e. The van der Waals surface area contributed by atoms with Gasteiger partial charge in [-0.1, -0.05) is 25.5 Å². The van der Waals surface area contributed by atoms with Crippen LogP contribution in [0.25, 0.3) is 0 Å². The first kappa shape index (κ1) is 14.1. The van der Waals surface area contributed by atoms with E-state index in [0.717, 1.165) is 12.1 Å². The topological polar surface area (TPSA) is 73.1 Å². The highest BCUT2D eigenvalue weighted by Gasteiger charge is 2.08. The Morgan fingerprint density at radius 2 is 1.95 bits per heavy atom. The molecule has 0 radical (unpaired) electrons. The van der Waals surface area contributed by atoms with Crippen molar-refractivity contribution in [2.24, 2.45) is 0 Å². The summed E-state index contributed by atoms with van der Waals surface area (Å²) >= 11 is 0. The predicted octanol–water partition coefficient (Wildman–Crippen LogP) is 3.15. The number of anilines is 3. The summed E-state index contributed by atoms with van der Waals surface area (Å²) in [6.07, 6.45) is 4.95. The summed E-state index contributed by atoms with van der Waals surface area (Å²) < 4.78 is 5.07. The van der Waals surface area contributed by atoms with Crippen LogP contribution in [0.15, 0.2) is 30.6 Å². The van der Waals surface area contributed by atoms with Crippen LogP contribution in [0, 0.1) is 0 Å². The number of aromatic nitrogens is 2. The van der Waals surface area contributed by atoms with Crippen molar-refractivity contribution >= 4 is 17.2 Å². The fourth-order valence-electron chi connectivity index (χ4n) is 1.91. The molecule has 5 heteroatoms. The Balaban J connectivity index is 2.10. The highest BCUT2D eigenvalue weighted by atomic mass is 16.5. The molecular weight excluding hydrogens is 252 g/mol. The average molecular weight is 272 g/mol. The maximum atomic E-state index is 5.92. The number of benzene rings is 1. The van der Waals surface area contributed by atoms with E-state index >= 15 is 0 Å². The van der Waals surface area contributed by atoms with Crippen LogP contribution in [0.2, 0.25) is 0 Å². The van der Waals surface area contributed by atoms with Gasteiger partial charge in [-0.3, -0.25) is 0 Å². The maximum absolute atomic E-state index is 5.92. The van der Waals surface area contributed by atoms with Crippen molar-refractivity contribution in [2.75, 3.05) is 18.2 Å². The Morgan fingerprint density at radius 1 is 1.20 bits per heavy atom. The van der Waals surface area contributed by atoms with E-state index < -0.39 is 0 Å². The molecule has 0 aliphatic carbocycles. The number of methoxy groups -OCH3 is 1. The molecule has 0 unspecified atom stereocenters. The van der Waals surface area contributed by atoms with Gasteiger partial charge >= 0.3 is 0 Å². The molecule has 1 heterocycles. The Kier molecular flexibility index (Phi) is 4.76. The zero-order valence-corrected chi connectivity index (χ0v) is 11.9. The molecule has 0 saturated heterocycles. The lowest BCUT2D eigenvalue weighted by molar-refractivity contribution is 0.399. The molecule has 5 nitrogen and oxygen atoms in total. The number of ether oxygens (including phenoxy) is 1. The minimum absolute atomic E-state index is 0.377. The van der Waals surface area contributed by atoms with Crippen molar-refractivity contribution in [3.63, 3.8) is 0 Å². The van der Waals surface area contributed by atoms with Crippen LogP contribution >= 0.6 is 0 Å². The summed E-state index contributed by atoms with van der Waals surface area (Å²) in [5.41, 5.74) is 8.61. The molecule has 0 bridgehead atoms. The molecule has 0 saturated carbocycles. The third kappa shape index (κ3) is 3.38. The van der Waals surface area contributed by atoms with E-state index in [9.17, 15) is 0 Å². The lowest BCUT2D eigenvalue weighted by Crippen LogP contribution is -2.03. The van der Waals surface area contributed by atoms with Crippen LogP contribution < -0.4 is 15.8 Å². The number of rotatable bonds is 6. The van der Waals surface area contributed by atoms with E-state index in [4.69, 9.17) is 10.5 Å². The predicted molar refractivity (Wildman–Crippen MR) is 81.3 cm³/mol. The molecule has 106 valence electrons. The number of nitrogen functional groups attached to an aromatic ring is 1. The fourth-order valence-corrected chi connectivity index (χ4v) is 1.91. The molecule has 0 spiro atoms. The van der Waals surface area contributed by atoms with Gasteiger partial charge in [0.05, 0.1) is 7.11 Å². The molecule has 0 amide bonds. The Morgan fingerprint density at radius 3 is 2.60 bits per heavy atom. The second kappa shape index (κ2) is 6.75. The number of unbranched alkanes of at least 4 members (excludes halogenated alkanes) is 1. The normalized spacial score (nSPS) is 10.3. The molecule has 3 N–H and O–H groups in total. The van der Waals surface area contributed by atoms with E-state index in [1.165, 1.54) is 31.8 Å². The van der Waals surface area contributed by atoms with Crippen molar-refractivity contribution in [3.8, 4) is 5.88 Å². The first-order valence-corrected chi connectivity index (χ1v) is 6.75. The average Bonchev–Trinajstić information content (AvgIpc) is 2.48. The van der Waals surface area contributed by atoms with Crippen LogP contribution in [0.3, 0.4) is 0 Å². The number of hydrogen-bond donors (Lipinski definition) is 2. The van der Waals surface area contributed by atoms with Crippen molar-refractivity contribution in [3.05, 3.63) is 36.2 Å². The number of nitrogens with one attached hydrogen (secondary N) is 1. The van der Waals surface area contributed by atoms with Crippen LogP contribution in [0.5, 0.6) is 5.88 Å². The second-order valence-electron chi connectivity index (χ2n) is 4.57. The van der Waals surface area contributed by atoms with Gasteiger partial charge < -0.3 is 15.8 Å². The van der Waals surface area contributed by atoms with Gasteiger partial charge in [-0.2, -0.15) is 4.98 Å². The number of aryl methyl sites for hydroxylation is 1. The van der Waals surface area contributed by atoms with Gasteiger partial charge in [0.2, 0.25) is 5.88 Å². The van der Waals surface area contributed by atoms with E-state index in [1.807, 2.05) is 12.1 Å². The van der Waals surface area contributed by atoms with Gasteiger partial charge in [-0.15, -0.1) is 0 Å².